The minimum atomic E-state index is -0.478. The minimum absolute atomic E-state index is 0.0848. The van der Waals surface area contributed by atoms with Crippen LogP contribution in [-0.2, 0) is 6.42 Å². The van der Waals surface area contributed by atoms with Gasteiger partial charge >= 0.3 is 0 Å². The molecule has 2 aromatic carbocycles. The van der Waals surface area contributed by atoms with E-state index < -0.39 is 6.10 Å². The molecule has 0 fully saturated rings. The van der Waals surface area contributed by atoms with Crippen molar-refractivity contribution in [2.45, 2.75) is 25.4 Å². The number of rotatable bonds is 3. The Hall–Kier alpha value is -1.80. The smallest absolute Gasteiger partial charge is 0.122 e. The molecule has 0 amide bonds. The Morgan fingerprint density at radius 1 is 1.05 bits per heavy atom. The van der Waals surface area contributed by atoms with Crippen LogP contribution in [0.2, 0.25) is 0 Å². The van der Waals surface area contributed by atoms with Crippen LogP contribution in [0, 0.1) is 0 Å². The van der Waals surface area contributed by atoms with Gasteiger partial charge in [-0.15, -0.1) is 0 Å². The first kappa shape index (κ1) is 12.2. The highest BCUT2D eigenvalue weighted by molar-refractivity contribution is 5.41. The summed E-state index contributed by atoms with van der Waals surface area (Å²) in [6.07, 6.45) is 0.462. The van der Waals surface area contributed by atoms with Gasteiger partial charge in [0.05, 0.1) is 12.7 Å². The lowest BCUT2D eigenvalue weighted by Gasteiger charge is -2.20. The van der Waals surface area contributed by atoms with Crippen molar-refractivity contribution in [1.29, 1.82) is 0 Å². The second-order valence-corrected chi connectivity index (χ2v) is 5.11. The second kappa shape index (κ2) is 5.06. The Labute approximate surface area is 113 Å². The molecule has 0 saturated heterocycles. The van der Waals surface area contributed by atoms with E-state index in [1.807, 2.05) is 30.3 Å². The fourth-order valence-corrected chi connectivity index (χ4v) is 2.62. The molecular formula is C17H18O2. The van der Waals surface area contributed by atoms with Crippen LogP contribution in [0.3, 0.4) is 0 Å². The van der Waals surface area contributed by atoms with Crippen LogP contribution in [0.15, 0.2) is 48.5 Å². The highest BCUT2D eigenvalue weighted by Gasteiger charge is 2.20. The van der Waals surface area contributed by atoms with Crippen LogP contribution in [0.4, 0.5) is 0 Å². The van der Waals surface area contributed by atoms with E-state index in [9.17, 15) is 5.11 Å². The van der Waals surface area contributed by atoms with Crippen LogP contribution < -0.4 is 4.74 Å². The third-order valence-electron chi connectivity index (χ3n) is 3.85. The lowest BCUT2D eigenvalue weighted by atomic mass is 9.90. The zero-order valence-corrected chi connectivity index (χ0v) is 11.0. The summed E-state index contributed by atoms with van der Waals surface area (Å²) in [5, 5.41) is 10.5. The van der Waals surface area contributed by atoms with Gasteiger partial charge in [-0.2, -0.15) is 0 Å². The van der Waals surface area contributed by atoms with Gasteiger partial charge in [-0.1, -0.05) is 43.3 Å². The molecule has 0 spiro atoms. The first-order valence-electron chi connectivity index (χ1n) is 6.74. The van der Waals surface area contributed by atoms with Gasteiger partial charge in [-0.3, -0.25) is 0 Å². The third kappa shape index (κ3) is 2.36. The lowest BCUT2D eigenvalue weighted by molar-refractivity contribution is 0.151. The molecule has 2 aromatic rings. The number of ether oxygens (including phenoxy) is 1. The van der Waals surface area contributed by atoms with E-state index in [2.05, 4.69) is 25.1 Å². The monoisotopic (exact) mass is 254 g/mol. The van der Waals surface area contributed by atoms with Crippen LogP contribution >= 0.6 is 0 Å². The van der Waals surface area contributed by atoms with Gasteiger partial charge in [0.1, 0.15) is 5.75 Å². The summed E-state index contributed by atoms with van der Waals surface area (Å²) in [4.78, 5) is 0. The molecule has 0 radical (unpaired) electrons. The Kier molecular flexibility index (Phi) is 3.26. The van der Waals surface area contributed by atoms with E-state index in [1.165, 1.54) is 5.56 Å². The van der Waals surface area contributed by atoms with Gasteiger partial charge in [0, 0.05) is 12.3 Å². The lowest BCUT2D eigenvalue weighted by Crippen LogP contribution is -2.07. The molecule has 1 N–H and O–H groups in total. The third-order valence-corrected chi connectivity index (χ3v) is 3.85. The highest BCUT2D eigenvalue weighted by atomic mass is 16.5. The number of hydrogen-bond acceptors (Lipinski definition) is 2. The van der Waals surface area contributed by atoms with Crippen molar-refractivity contribution in [2.24, 2.45) is 0 Å². The molecule has 1 heterocycles. The number of aliphatic hydroxyl groups excluding tert-OH is 1. The number of aliphatic hydroxyl groups is 1. The summed E-state index contributed by atoms with van der Waals surface area (Å²) >= 11 is 0. The fourth-order valence-electron chi connectivity index (χ4n) is 2.62. The predicted molar refractivity (Wildman–Crippen MR) is 75.5 cm³/mol. The van der Waals surface area contributed by atoms with Gasteiger partial charge in [0.2, 0.25) is 0 Å². The zero-order chi connectivity index (χ0) is 13.2. The van der Waals surface area contributed by atoms with Crippen LogP contribution in [0.1, 0.15) is 35.6 Å². The Bertz CT molecular complexity index is 563. The summed E-state index contributed by atoms with van der Waals surface area (Å²) in [6.45, 7) is 2.81. The second-order valence-electron chi connectivity index (χ2n) is 5.11. The first-order valence-corrected chi connectivity index (χ1v) is 6.74. The van der Waals surface area contributed by atoms with Crippen LogP contribution in [0.5, 0.6) is 5.75 Å². The van der Waals surface area contributed by atoms with Crippen molar-refractivity contribution in [3.63, 3.8) is 0 Å². The van der Waals surface area contributed by atoms with E-state index in [0.29, 0.717) is 0 Å². The van der Waals surface area contributed by atoms with Gasteiger partial charge in [-0.05, 0) is 28.8 Å². The summed E-state index contributed by atoms with van der Waals surface area (Å²) in [5.74, 6) is 1.05. The molecule has 2 nitrogen and oxygen atoms in total. The first-order chi connectivity index (χ1) is 9.25. The van der Waals surface area contributed by atoms with Crippen molar-refractivity contribution >= 4 is 0 Å². The molecule has 2 atom stereocenters. The normalized spacial score (nSPS) is 16.5. The van der Waals surface area contributed by atoms with Crippen LogP contribution in [-0.4, -0.2) is 11.7 Å². The van der Waals surface area contributed by atoms with Crippen molar-refractivity contribution in [3.05, 3.63) is 65.2 Å². The Morgan fingerprint density at radius 2 is 1.84 bits per heavy atom. The molecule has 98 valence electrons. The number of fused-ring (bicyclic) bond motifs is 1. The molecule has 2 unspecified atom stereocenters. The van der Waals surface area contributed by atoms with Gasteiger partial charge in [0.25, 0.3) is 0 Å². The molecule has 0 aliphatic carbocycles. The van der Waals surface area contributed by atoms with E-state index in [0.717, 1.165) is 29.9 Å². The molecule has 3 rings (SSSR count). The van der Waals surface area contributed by atoms with Crippen molar-refractivity contribution in [3.8, 4) is 5.75 Å². The molecule has 2 heteroatoms. The van der Waals surface area contributed by atoms with E-state index in [-0.39, 0.29) is 5.92 Å². The molecule has 1 aliphatic heterocycles. The average molecular weight is 254 g/mol. The fraction of sp³-hybridized carbons (Fsp3) is 0.294. The summed E-state index contributed by atoms with van der Waals surface area (Å²) in [5.41, 5.74) is 3.34. The summed E-state index contributed by atoms with van der Waals surface area (Å²) in [6, 6.07) is 16.1. The van der Waals surface area contributed by atoms with Crippen molar-refractivity contribution in [1.82, 2.24) is 0 Å². The molecular weight excluding hydrogens is 236 g/mol. The molecule has 19 heavy (non-hydrogen) atoms. The van der Waals surface area contributed by atoms with Gasteiger partial charge in [-0.25, -0.2) is 0 Å². The topological polar surface area (TPSA) is 29.5 Å². The molecule has 0 bridgehead atoms. The SMILES string of the molecule is CC(c1ccccc1)C(O)c1ccc2c(c1)CCO2. The number of benzene rings is 2. The van der Waals surface area contributed by atoms with E-state index >= 15 is 0 Å². The molecule has 0 aromatic heterocycles. The van der Waals surface area contributed by atoms with Gasteiger partial charge < -0.3 is 9.84 Å². The van der Waals surface area contributed by atoms with Crippen LogP contribution in [0.25, 0.3) is 0 Å². The maximum Gasteiger partial charge on any atom is 0.122 e. The summed E-state index contributed by atoms with van der Waals surface area (Å²) in [7, 11) is 0. The predicted octanol–water partition coefficient (Wildman–Crippen LogP) is 3.46. The standard InChI is InChI=1S/C17H18O2/c1-12(13-5-3-2-4-6-13)17(18)15-7-8-16-14(11-15)9-10-19-16/h2-8,11-12,17-18H,9-10H2,1H3. The van der Waals surface area contributed by atoms with Crippen molar-refractivity contribution < 1.29 is 9.84 Å². The zero-order valence-electron chi connectivity index (χ0n) is 11.0. The summed E-state index contributed by atoms with van der Waals surface area (Å²) < 4.78 is 5.50. The van der Waals surface area contributed by atoms with Crippen molar-refractivity contribution in [2.75, 3.05) is 6.61 Å². The maximum atomic E-state index is 10.5. The largest absolute Gasteiger partial charge is 0.493 e. The van der Waals surface area contributed by atoms with E-state index in [4.69, 9.17) is 4.74 Å². The Balaban J connectivity index is 1.86. The average Bonchev–Trinajstić information content (AvgIpc) is 2.94. The maximum absolute atomic E-state index is 10.5. The Morgan fingerprint density at radius 3 is 2.63 bits per heavy atom. The van der Waals surface area contributed by atoms with E-state index in [1.54, 1.807) is 0 Å². The quantitative estimate of drug-likeness (QED) is 0.909. The van der Waals surface area contributed by atoms with Gasteiger partial charge in [0.15, 0.2) is 0 Å². The highest BCUT2D eigenvalue weighted by Crippen LogP contribution is 2.34. The number of hydrogen-bond donors (Lipinski definition) is 1. The molecule has 0 saturated carbocycles. The minimum Gasteiger partial charge on any atom is -0.493 e. The molecule has 1 aliphatic rings.